The van der Waals surface area contributed by atoms with E-state index in [1.165, 1.54) is 0 Å². The molecule has 0 aromatic rings. The summed E-state index contributed by atoms with van der Waals surface area (Å²) in [6, 6.07) is 0. The van der Waals surface area contributed by atoms with Crippen LogP contribution in [0.25, 0.3) is 0 Å². The summed E-state index contributed by atoms with van der Waals surface area (Å²) < 4.78 is 0. The Morgan fingerprint density at radius 1 is 1.75 bits per heavy atom. The fraction of sp³-hybridized carbons (Fsp3) is 0.700. The Bertz CT molecular complexity index is 204. The van der Waals surface area contributed by atoms with Gasteiger partial charge in [-0.05, 0) is 26.3 Å². The van der Waals surface area contributed by atoms with Gasteiger partial charge in [-0.25, -0.2) is 0 Å². The number of ketones is 1. The second kappa shape index (κ2) is 4.27. The standard InChI is InChI=1S/C10H15NO/c1-3-6-11-7-4-5-10(8-11)9(2)12/h1,10H,4-8H2,2H3. The molecule has 1 aliphatic rings. The van der Waals surface area contributed by atoms with Crippen molar-refractivity contribution >= 4 is 5.78 Å². The Morgan fingerprint density at radius 3 is 3.08 bits per heavy atom. The lowest BCUT2D eigenvalue weighted by Crippen LogP contribution is -2.38. The summed E-state index contributed by atoms with van der Waals surface area (Å²) in [6.07, 6.45) is 7.35. The molecule has 0 saturated carbocycles. The van der Waals surface area contributed by atoms with Crippen LogP contribution in [0.1, 0.15) is 19.8 Å². The first kappa shape index (κ1) is 9.28. The molecule has 0 amide bonds. The van der Waals surface area contributed by atoms with Gasteiger partial charge in [0, 0.05) is 12.5 Å². The summed E-state index contributed by atoms with van der Waals surface area (Å²) in [6.45, 7) is 4.27. The van der Waals surface area contributed by atoms with Crippen molar-refractivity contribution in [1.29, 1.82) is 0 Å². The fourth-order valence-electron chi connectivity index (χ4n) is 1.66. The van der Waals surface area contributed by atoms with Gasteiger partial charge in [-0.3, -0.25) is 9.69 Å². The van der Waals surface area contributed by atoms with Crippen LogP contribution in [0.2, 0.25) is 0 Å². The predicted octanol–water partition coefficient (Wildman–Crippen LogP) is 0.921. The third-order valence-corrected chi connectivity index (χ3v) is 2.40. The van der Waals surface area contributed by atoms with E-state index in [4.69, 9.17) is 6.42 Å². The number of piperidine rings is 1. The van der Waals surface area contributed by atoms with Crippen molar-refractivity contribution in [2.45, 2.75) is 19.8 Å². The van der Waals surface area contributed by atoms with Crippen molar-refractivity contribution in [3.8, 4) is 12.3 Å². The third kappa shape index (κ3) is 2.35. The molecule has 1 atom stereocenters. The van der Waals surface area contributed by atoms with Crippen molar-refractivity contribution in [1.82, 2.24) is 4.90 Å². The molecule has 0 aromatic heterocycles. The van der Waals surface area contributed by atoms with Gasteiger partial charge in [0.15, 0.2) is 0 Å². The third-order valence-electron chi connectivity index (χ3n) is 2.40. The molecule has 1 fully saturated rings. The van der Waals surface area contributed by atoms with Crippen LogP contribution >= 0.6 is 0 Å². The van der Waals surface area contributed by atoms with Crippen molar-refractivity contribution in [2.24, 2.45) is 5.92 Å². The summed E-state index contributed by atoms with van der Waals surface area (Å²) in [4.78, 5) is 13.2. The van der Waals surface area contributed by atoms with Crippen molar-refractivity contribution in [3.63, 3.8) is 0 Å². The van der Waals surface area contributed by atoms with Crippen molar-refractivity contribution < 1.29 is 4.79 Å². The molecule has 1 aliphatic heterocycles. The monoisotopic (exact) mass is 165 g/mol. The van der Waals surface area contributed by atoms with Gasteiger partial charge in [0.1, 0.15) is 5.78 Å². The van der Waals surface area contributed by atoms with E-state index in [9.17, 15) is 4.79 Å². The summed E-state index contributed by atoms with van der Waals surface area (Å²) in [5.74, 6) is 3.14. The first-order chi connectivity index (χ1) is 5.74. The molecular formula is C10H15NO. The van der Waals surface area contributed by atoms with E-state index in [-0.39, 0.29) is 5.92 Å². The Morgan fingerprint density at radius 2 is 2.50 bits per heavy atom. The molecule has 12 heavy (non-hydrogen) atoms. The second-order valence-corrected chi connectivity index (χ2v) is 3.39. The van der Waals surface area contributed by atoms with Gasteiger partial charge in [0.05, 0.1) is 6.54 Å². The van der Waals surface area contributed by atoms with Gasteiger partial charge >= 0.3 is 0 Å². The number of carbonyl (C=O) groups is 1. The van der Waals surface area contributed by atoms with Crippen molar-refractivity contribution in [2.75, 3.05) is 19.6 Å². The average Bonchev–Trinajstić information content (AvgIpc) is 2.05. The lowest BCUT2D eigenvalue weighted by Gasteiger charge is -2.29. The Hall–Kier alpha value is -0.810. The molecular weight excluding hydrogens is 150 g/mol. The van der Waals surface area contributed by atoms with E-state index in [0.717, 1.165) is 25.9 Å². The number of terminal acetylenes is 1. The van der Waals surface area contributed by atoms with E-state index < -0.39 is 0 Å². The highest BCUT2D eigenvalue weighted by atomic mass is 16.1. The van der Waals surface area contributed by atoms with Crippen LogP contribution in [0.5, 0.6) is 0 Å². The molecule has 0 aromatic carbocycles. The minimum atomic E-state index is 0.229. The number of nitrogens with zero attached hydrogens (tertiary/aromatic N) is 1. The molecule has 1 rings (SSSR count). The second-order valence-electron chi connectivity index (χ2n) is 3.39. The molecule has 0 radical (unpaired) electrons. The Balaban J connectivity index is 2.41. The number of carbonyl (C=O) groups excluding carboxylic acids is 1. The van der Waals surface area contributed by atoms with E-state index in [2.05, 4.69) is 10.8 Å². The lowest BCUT2D eigenvalue weighted by molar-refractivity contribution is -0.122. The summed E-state index contributed by atoms with van der Waals surface area (Å²) in [5, 5.41) is 0. The molecule has 66 valence electrons. The highest BCUT2D eigenvalue weighted by molar-refractivity contribution is 5.78. The predicted molar refractivity (Wildman–Crippen MR) is 48.7 cm³/mol. The van der Waals surface area contributed by atoms with Crippen LogP contribution in [-0.4, -0.2) is 30.3 Å². The Kier molecular flexibility index (Phi) is 3.31. The fourth-order valence-corrected chi connectivity index (χ4v) is 1.66. The summed E-state index contributed by atoms with van der Waals surface area (Å²) in [7, 11) is 0. The average molecular weight is 165 g/mol. The Labute approximate surface area is 73.9 Å². The van der Waals surface area contributed by atoms with Crippen molar-refractivity contribution in [3.05, 3.63) is 0 Å². The molecule has 2 nitrogen and oxygen atoms in total. The van der Waals surface area contributed by atoms with Gasteiger partial charge < -0.3 is 0 Å². The van der Waals surface area contributed by atoms with Crippen LogP contribution in [0.15, 0.2) is 0 Å². The summed E-state index contributed by atoms with van der Waals surface area (Å²) >= 11 is 0. The zero-order valence-corrected chi connectivity index (χ0v) is 7.55. The number of hydrogen-bond donors (Lipinski definition) is 0. The van der Waals surface area contributed by atoms with Gasteiger partial charge in [-0.2, -0.15) is 0 Å². The maximum absolute atomic E-state index is 11.1. The van der Waals surface area contributed by atoms with Crippen LogP contribution in [-0.2, 0) is 4.79 Å². The lowest BCUT2D eigenvalue weighted by atomic mass is 9.95. The molecule has 0 spiro atoms. The van der Waals surface area contributed by atoms with Gasteiger partial charge in [0.25, 0.3) is 0 Å². The largest absolute Gasteiger partial charge is 0.300 e. The van der Waals surface area contributed by atoms with Crippen LogP contribution in [0.3, 0.4) is 0 Å². The number of likely N-dealkylation sites (tertiary alicyclic amines) is 1. The van der Waals surface area contributed by atoms with E-state index >= 15 is 0 Å². The molecule has 0 N–H and O–H groups in total. The zero-order valence-electron chi connectivity index (χ0n) is 7.55. The highest BCUT2D eigenvalue weighted by Gasteiger charge is 2.21. The van der Waals surface area contributed by atoms with Crippen LogP contribution in [0, 0.1) is 18.3 Å². The SMILES string of the molecule is C#CCN1CCCC(C(C)=O)C1. The molecule has 1 saturated heterocycles. The topological polar surface area (TPSA) is 20.3 Å². The highest BCUT2D eigenvalue weighted by Crippen LogP contribution is 2.16. The molecule has 1 heterocycles. The molecule has 0 bridgehead atoms. The molecule has 1 unspecified atom stereocenters. The first-order valence-electron chi connectivity index (χ1n) is 4.40. The smallest absolute Gasteiger partial charge is 0.134 e. The minimum absolute atomic E-state index is 0.229. The minimum Gasteiger partial charge on any atom is -0.300 e. The van der Waals surface area contributed by atoms with Gasteiger partial charge in [-0.15, -0.1) is 6.42 Å². The van der Waals surface area contributed by atoms with Crippen LogP contribution < -0.4 is 0 Å². The van der Waals surface area contributed by atoms with E-state index in [0.29, 0.717) is 12.3 Å². The van der Waals surface area contributed by atoms with Gasteiger partial charge in [0.2, 0.25) is 0 Å². The van der Waals surface area contributed by atoms with E-state index in [1.807, 2.05) is 0 Å². The number of hydrogen-bond acceptors (Lipinski definition) is 2. The maximum Gasteiger partial charge on any atom is 0.134 e. The molecule has 0 aliphatic carbocycles. The number of Topliss-reactive ketones (excluding diaryl/α,β-unsaturated/α-hetero) is 1. The number of rotatable bonds is 2. The zero-order chi connectivity index (χ0) is 8.97. The van der Waals surface area contributed by atoms with Crippen LogP contribution in [0.4, 0.5) is 0 Å². The van der Waals surface area contributed by atoms with Gasteiger partial charge in [-0.1, -0.05) is 5.92 Å². The molecule has 2 heteroatoms. The normalized spacial score (nSPS) is 24.8. The summed E-state index contributed by atoms with van der Waals surface area (Å²) in [5.41, 5.74) is 0. The van der Waals surface area contributed by atoms with E-state index in [1.54, 1.807) is 6.92 Å². The first-order valence-corrected chi connectivity index (χ1v) is 4.40. The quantitative estimate of drug-likeness (QED) is 0.567. The maximum atomic E-state index is 11.1.